The molecule has 0 aromatic heterocycles. The van der Waals surface area contributed by atoms with Crippen LogP contribution >= 0.6 is 7.82 Å². The van der Waals surface area contributed by atoms with E-state index in [9.17, 15) is 9.36 Å². The van der Waals surface area contributed by atoms with Gasteiger partial charge in [0, 0.05) is 5.57 Å². The summed E-state index contributed by atoms with van der Waals surface area (Å²) >= 11 is 0. The summed E-state index contributed by atoms with van der Waals surface area (Å²) in [4.78, 5) is 11.3. The molecule has 0 heterocycles. The maximum Gasteiger partial charge on any atom is 0.478 e. The first-order valence-corrected chi connectivity index (χ1v) is 7.53. The van der Waals surface area contributed by atoms with Crippen molar-refractivity contribution in [2.24, 2.45) is 0 Å². The number of carbonyl (C=O) groups excluding carboxylic acids is 1. The fraction of sp³-hybridized carbons (Fsp3) is 0.750. The molecule has 1 atom stereocenters. The van der Waals surface area contributed by atoms with Crippen molar-refractivity contribution >= 4 is 13.8 Å². The topological polar surface area (TPSA) is 71.1 Å². The molecule has 1 unspecified atom stereocenters. The zero-order chi connectivity index (χ0) is 15.2. The number of carbonyl (C=O) groups is 1. The summed E-state index contributed by atoms with van der Waals surface area (Å²) in [5.74, 6) is -0.631. The van der Waals surface area contributed by atoms with Crippen LogP contribution in [0.25, 0.3) is 0 Å². The SMILES string of the molecule is C=C(C)C(=O)OC(C)OP(=O)(OC(C)C)OC(C)C. The molecule has 0 aromatic carbocycles. The molecule has 0 fully saturated rings. The molecule has 19 heavy (non-hydrogen) atoms. The van der Waals surface area contributed by atoms with E-state index in [0.29, 0.717) is 0 Å². The van der Waals surface area contributed by atoms with Crippen LogP contribution in [0.4, 0.5) is 0 Å². The number of rotatable bonds is 8. The molecule has 0 aliphatic heterocycles. The van der Waals surface area contributed by atoms with Crippen LogP contribution in [0, 0.1) is 0 Å². The van der Waals surface area contributed by atoms with Gasteiger partial charge in [-0.25, -0.2) is 13.9 Å². The molecule has 112 valence electrons. The minimum absolute atomic E-state index is 0.222. The first-order chi connectivity index (χ1) is 8.55. The number of ether oxygens (including phenoxy) is 1. The van der Waals surface area contributed by atoms with Gasteiger partial charge in [0.05, 0.1) is 12.2 Å². The molecule has 7 heteroatoms. The van der Waals surface area contributed by atoms with Crippen molar-refractivity contribution in [1.29, 1.82) is 0 Å². The van der Waals surface area contributed by atoms with Crippen molar-refractivity contribution < 1.29 is 27.7 Å². The van der Waals surface area contributed by atoms with E-state index in [0.717, 1.165) is 0 Å². The van der Waals surface area contributed by atoms with Crippen molar-refractivity contribution in [3.05, 3.63) is 12.2 Å². The van der Waals surface area contributed by atoms with Crippen LogP contribution in [0.1, 0.15) is 41.5 Å². The van der Waals surface area contributed by atoms with Crippen molar-refractivity contribution in [2.45, 2.75) is 60.0 Å². The van der Waals surface area contributed by atoms with Gasteiger partial charge in [0.25, 0.3) is 0 Å². The summed E-state index contributed by atoms with van der Waals surface area (Å²) in [6, 6.07) is 0. The largest absolute Gasteiger partial charge is 0.478 e. The maximum absolute atomic E-state index is 12.3. The van der Waals surface area contributed by atoms with E-state index in [4.69, 9.17) is 18.3 Å². The first-order valence-electron chi connectivity index (χ1n) is 6.07. The summed E-state index contributed by atoms with van der Waals surface area (Å²) in [6.07, 6.45) is -1.77. The molecule has 0 aliphatic rings. The first kappa shape index (κ1) is 18.3. The molecule has 0 N–H and O–H groups in total. The minimum atomic E-state index is -3.78. The standard InChI is InChI=1S/C12H23O6P/c1-8(2)12(13)15-11(7)18-19(14,16-9(3)4)17-10(5)6/h9-11H,1H2,2-7H3. The molecule has 0 amide bonds. The number of esters is 1. The predicted octanol–water partition coefficient (Wildman–Crippen LogP) is 3.43. The van der Waals surface area contributed by atoms with Crippen molar-refractivity contribution in [2.75, 3.05) is 0 Å². The fourth-order valence-corrected chi connectivity index (χ4v) is 2.63. The van der Waals surface area contributed by atoms with Crippen molar-refractivity contribution in [3.8, 4) is 0 Å². The summed E-state index contributed by atoms with van der Waals surface area (Å²) in [5.41, 5.74) is 0.222. The number of phosphoric acid groups is 1. The highest BCUT2D eigenvalue weighted by Crippen LogP contribution is 2.52. The maximum atomic E-state index is 12.3. The lowest BCUT2D eigenvalue weighted by Crippen LogP contribution is -2.20. The normalized spacial score (nSPS) is 13.7. The van der Waals surface area contributed by atoms with Gasteiger partial charge in [-0.1, -0.05) is 6.58 Å². The van der Waals surface area contributed by atoms with Gasteiger partial charge in [-0.3, -0.25) is 9.05 Å². The number of phosphoric ester groups is 1. The van der Waals surface area contributed by atoms with E-state index in [-0.39, 0.29) is 17.8 Å². The number of hydrogen-bond donors (Lipinski definition) is 0. The summed E-state index contributed by atoms with van der Waals surface area (Å²) < 4.78 is 32.6. The van der Waals surface area contributed by atoms with Gasteiger partial charge in [0.15, 0.2) is 0 Å². The summed E-state index contributed by atoms with van der Waals surface area (Å²) in [7, 11) is -3.78. The lowest BCUT2D eigenvalue weighted by molar-refractivity contribution is -0.159. The Labute approximate surface area is 114 Å². The molecule has 0 saturated carbocycles. The van der Waals surface area contributed by atoms with Crippen LogP contribution in [0.15, 0.2) is 12.2 Å². The second kappa shape index (κ2) is 7.80. The third-order valence-electron chi connectivity index (χ3n) is 1.58. The molecule has 0 saturated heterocycles. The van der Waals surface area contributed by atoms with Gasteiger partial charge in [-0.2, -0.15) is 0 Å². The molecule has 0 aromatic rings. The van der Waals surface area contributed by atoms with Crippen LogP contribution in [0.5, 0.6) is 0 Å². The third-order valence-corrected chi connectivity index (χ3v) is 3.49. The zero-order valence-corrected chi connectivity index (χ0v) is 13.2. The van der Waals surface area contributed by atoms with Crippen LogP contribution in [0.2, 0.25) is 0 Å². The Morgan fingerprint density at radius 3 is 1.74 bits per heavy atom. The average molecular weight is 294 g/mol. The minimum Gasteiger partial charge on any atom is -0.432 e. The Balaban J connectivity index is 4.68. The molecular weight excluding hydrogens is 271 g/mol. The molecule has 0 spiro atoms. The van der Waals surface area contributed by atoms with Gasteiger partial charge in [0.1, 0.15) is 0 Å². The lowest BCUT2D eigenvalue weighted by atomic mass is 10.4. The van der Waals surface area contributed by atoms with Gasteiger partial charge in [-0.15, -0.1) is 0 Å². The second-order valence-corrected chi connectivity index (χ2v) is 6.14. The van der Waals surface area contributed by atoms with E-state index in [1.165, 1.54) is 13.8 Å². The lowest BCUT2D eigenvalue weighted by Gasteiger charge is -2.24. The van der Waals surface area contributed by atoms with E-state index in [1.54, 1.807) is 27.7 Å². The highest BCUT2D eigenvalue weighted by molar-refractivity contribution is 7.48. The molecule has 6 nitrogen and oxygen atoms in total. The third kappa shape index (κ3) is 8.16. The van der Waals surface area contributed by atoms with Gasteiger partial charge < -0.3 is 4.74 Å². The highest BCUT2D eigenvalue weighted by atomic mass is 31.2. The van der Waals surface area contributed by atoms with Gasteiger partial charge in [-0.05, 0) is 41.5 Å². The van der Waals surface area contributed by atoms with E-state index >= 15 is 0 Å². The molecule has 0 radical (unpaired) electrons. The Kier molecular flexibility index (Phi) is 7.52. The van der Waals surface area contributed by atoms with Crippen LogP contribution < -0.4 is 0 Å². The smallest absolute Gasteiger partial charge is 0.432 e. The Hall–Kier alpha value is -0.680. The van der Waals surface area contributed by atoms with Crippen LogP contribution in [-0.4, -0.2) is 24.5 Å². The van der Waals surface area contributed by atoms with E-state index in [2.05, 4.69) is 6.58 Å². The van der Waals surface area contributed by atoms with Gasteiger partial charge in [0.2, 0.25) is 6.29 Å². The van der Waals surface area contributed by atoms with E-state index in [1.807, 2.05) is 0 Å². The highest BCUT2D eigenvalue weighted by Gasteiger charge is 2.33. The van der Waals surface area contributed by atoms with E-state index < -0.39 is 20.1 Å². The Morgan fingerprint density at radius 2 is 1.42 bits per heavy atom. The number of hydrogen-bond acceptors (Lipinski definition) is 6. The molecular formula is C12H23O6P. The summed E-state index contributed by atoms with van der Waals surface area (Å²) in [6.45, 7) is 13.2. The Bertz CT molecular complexity index is 349. The fourth-order valence-electron chi connectivity index (χ4n) is 1.05. The molecule has 0 rings (SSSR count). The van der Waals surface area contributed by atoms with Crippen molar-refractivity contribution in [1.82, 2.24) is 0 Å². The van der Waals surface area contributed by atoms with Crippen molar-refractivity contribution in [3.63, 3.8) is 0 Å². The van der Waals surface area contributed by atoms with Crippen LogP contribution in [0.3, 0.4) is 0 Å². The zero-order valence-electron chi connectivity index (χ0n) is 12.3. The molecule has 0 bridgehead atoms. The molecule has 0 aliphatic carbocycles. The Morgan fingerprint density at radius 1 is 1.00 bits per heavy atom. The van der Waals surface area contributed by atoms with Crippen LogP contribution in [-0.2, 0) is 27.7 Å². The quantitative estimate of drug-likeness (QED) is 0.295. The predicted molar refractivity (Wildman–Crippen MR) is 71.5 cm³/mol. The average Bonchev–Trinajstić information content (AvgIpc) is 2.12. The second-order valence-electron chi connectivity index (χ2n) is 4.61. The van der Waals surface area contributed by atoms with Gasteiger partial charge >= 0.3 is 13.8 Å². The monoisotopic (exact) mass is 294 g/mol. The summed E-state index contributed by atoms with van der Waals surface area (Å²) in [5, 5.41) is 0.